The van der Waals surface area contributed by atoms with Crippen LogP contribution in [0.5, 0.6) is 0 Å². The van der Waals surface area contributed by atoms with Gasteiger partial charge >= 0.3 is 12.1 Å². The molecule has 12 heteroatoms. The second-order valence-corrected chi connectivity index (χ2v) is 7.26. The molecule has 3 N–H and O–H groups in total. The Balaban J connectivity index is 1.79. The van der Waals surface area contributed by atoms with Crippen LogP contribution in [0.3, 0.4) is 0 Å². The number of carbonyl (C=O) groups excluding carboxylic acids is 3. The van der Waals surface area contributed by atoms with Crippen molar-refractivity contribution in [3.8, 4) is 6.07 Å². The second kappa shape index (κ2) is 10.4. The number of nitrogens with zero attached hydrogens (tertiary/aromatic N) is 4. The Morgan fingerprint density at radius 2 is 2.03 bits per heavy atom. The van der Waals surface area contributed by atoms with Gasteiger partial charge in [-0.3, -0.25) is 9.48 Å². The first kappa shape index (κ1) is 23.5. The van der Waals surface area contributed by atoms with Crippen LogP contribution in [0.15, 0.2) is 30.5 Å². The first-order valence-electron chi connectivity index (χ1n) is 10.2. The van der Waals surface area contributed by atoms with E-state index in [1.165, 1.54) is 40.0 Å². The van der Waals surface area contributed by atoms with Crippen LogP contribution in [0.2, 0.25) is 0 Å². The van der Waals surface area contributed by atoms with E-state index in [0.29, 0.717) is 12.1 Å². The predicted molar refractivity (Wildman–Crippen MR) is 113 cm³/mol. The number of ether oxygens (including phenoxy) is 2. The summed E-state index contributed by atoms with van der Waals surface area (Å²) < 4.78 is 24.3. The Morgan fingerprint density at radius 3 is 2.67 bits per heavy atom. The standard InChI is InChI=1S/C21H23FN6O5/c1-2-32-18(29)12-33-21(31)27-8-7-13(9-23)17(11-27)28-10-16(19(24)30)20(26-28)25-15-5-3-14(22)4-6-15/h3-6,10,13,17H,2,7-8,11-12H2,1H3,(H2,24,30)(H,25,26)/t13-,17?/m0/s1. The molecule has 1 aromatic heterocycles. The fourth-order valence-corrected chi connectivity index (χ4v) is 3.43. The highest BCUT2D eigenvalue weighted by molar-refractivity contribution is 5.98. The van der Waals surface area contributed by atoms with Crippen molar-refractivity contribution < 1.29 is 28.2 Å². The average Bonchev–Trinajstić information content (AvgIpc) is 3.22. The third kappa shape index (κ3) is 5.76. The number of benzene rings is 1. The molecule has 174 valence electrons. The summed E-state index contributed by atoms with van der Waals surface area (Å²) in [7, 11) is 0. The number of hydrogen-bond acceptors (Lipinski definition) is 8. The molecular formula is C21H23FN6O5. The number of primary amides is 1. The number of nitrogens with one attached hydrogen (secondary N) is 1. The normalized spacial score (nSPS) is 17.7. The number of amides is 2. The average molecular weight is 458 g/mol. The molecule has 2 amide bonds. The molecule has 33 heavy (non-hydrogen) atoms. The number of aromatic nitrogens is 2. The van der Waals surface area contributed by atoms with Crippen LogP contribution in [-0.4, -0.2) is 59.0 Å². The molecule has 0 radical (unpaired) electrons. The molecular weight excluding hydrogens is 435 g/mol. The zero-order valence-corrected chi connectivity index (χ0v) is 17.9. The Hall–Kier alpha value is -4.14. The minimum Gasteiger partial charge on any atom is -0.463 e. The molecule has 1 saturated heterocycles. The predicted octanol–water partition coefficient (Wildman–Crippen LogP) is 1.95. The fraction of sp³-hybridized carbons (Fsp3) is 0.381. The van der Waals surface area contributed by atoms with Crippen molar-refractivity contribution in [1.82, 2.24) is 14.7 Å². The van der Waals surface area contributed by atoms with Gasteiger partial charge in [-0.2, -0.15) is 10.4 Å². The van der Waals surface area contributed by atoms with Crippen LogP contribution in [0.1, 0.15) is 29.7 Å². The van der Waals surface area contributed by atoms with Crippen molar-refractivity contribution in [3.63, 3.8) is 0 Å². The Bertz CT molecular complexity index is 1060. The van der Waals surface area contributed by atoms with Gasteiger partial charge in [0.25, 0.3) is 5.91 Å². The number of esters is 1. The zero-order valence-electron chi connectivity index (χ0n) is 17.9. The van der Waals surface area contributed by atoms with Crippen LogP contribution in [-0.2, 0) is 14.3 Å². The summed E-state index contributed by atoms with van der Waals surface area (Å²) in [4.78, 5) is 37.2. The summed E-state index contributed by atoms with van der Waals surface area (Å²) in [5.41, 5.74) is 6.03. The molecule has 11 nitrogen and oxygen atoms in total. The van der Waals surface area contributed by atoms with Crippen LogP contribution in [0, 0.1) is 23.1 Å². The van der Waals surface area contributed by atoms with E-state index in [1.807, 2.05) is 0 Å². The van der Waals surface area contributed by atoms with Crippen molar-refractivity contribution in [1.29, 1.82) is 5.26 Å². The lowest BCUT2D eigenvalue weighted by Gasteiger charge is -2.34. The largest absolute Gasteiger partial charge is 0.463 e. The van der Waals surface area contributed by atoms with E-state index >= 15 is 0 Å². The van der Waals surface area contributed by atoms with Gasteiger partial charge in [0.1, 0.15) is 11.4 Å². The molecule has 1 unspecified atom stereocenters. The number of carbonyl (C=O) groups is 3. The maximum absolute atomic E-state index is 13.2. The number of piperidine rings is 1. The Labute approximate surface area is 188 Å². The van der Waals surface area contributed by atoms with E-state index in [1.54, 1.807) is 6.92 Å². The van der Waals surface area contributed by atoms with Crippen LogP contribution in [0.25, 0.3) is 0 Å². The molecule has 2 heterocycles. The van der Waals surface area contributed by atoms with Gasteiger partial charge in [-0.05, 0) is 37.6 Å². The van der Waals surface area contributed by atoms with Crippen LogP contribution < -0.4 is 11.1 Å². The monoisotopic (exact) mass is 458 g/mol. The topological polar surface area (TPSA) is 153 Å². The molecule has 1 aliphatic heterocycles. The Kier molecular flexibility index (Phi) is 7.45. The van der Waals surface area contributed by atoms with Crippen molar-refractivity contribution in [3.05, 3.63) is 41.8 Å². The van der Waals surface area contributed by atoms with Gasteiger partial charge in [-0.15, -0.1) is 0 Å². The zero-order chi connectivity index (χ0) is 24.0. The minimum atomic E-state index is -0.749. The number of nitrogens with two attached hydrogens (primary N) is 1. The molecule has 0 bridgehead atoms. The molecule has 1 fully saturated rings. The van der Waals surface area contributed by atoms with Crippen molar-refractivity contribution >= 4 is 29.5 Å². The van der Waals surface area contributed by atoms with Gasteiger partial charge in [0, 0.05) is 25.0 Å². The molecule has 2 atom stereocenters. The molecule has 3 rings (SSSR count). The summed E-state index contributed by atoms with van der Waals surface area (Å²) >= 11 is 0. The summed E-state index contributed by atoms with van der Waals surface area (Å²) in [5.74, 6) is -2.20. The lowest BCUT2D eigenvalue weighted by molar-refractivity contribution is -0.146. The van der Waals surface area contributed by atoms with Gasteiger partial charge in [0.2, 0.25) is 0 Å². The third-order valence-electron chi connectivity index (χ3n) is 5.07. The van der Waals surface area contributed by atoms with Gasteiger partial charge in [0.15, 0.2) is 12.4 Å². The number of hydrogen-bond donors (Lipinski definition) is 2. The van der Waals surface area contributed by atoms with Gasteiger partial charge < -0.3 is 25.4 Å². The first-order valence-corrected chi connectivity index (χ1v) is 10.2. The number of anilines is 2. The maximum atomic E-state index is 13.2. The van der Waals surface area contributed by atoms with Crippen molar-refractivity contribution in [2.75, 3.05) is 31.6 Å². The summed E-state index contributed by atoms with van der Waals surface area (Å²) in [6.07, 6.45) is 1.01. The summed E-state index contributed by atoms with van der Waals surface area (Å²) in [6.45, 7) is 1.61. The molecule has 0 aliphatic carbocycles. The highest BCUT2D eigenvalue weighted by Gasteiger charge is 2.35. The fourth-order valence-electron chi connectivity index (χ4n) is 3.43. The maximum Gasteiger partial charge on any atom is 0.410 e. The van der Waals surface area contributed by atoms with Gasteiger partial charge in [-0.25, -0.2) is 14.0 Å². The highest BCUT2D eigenvalue weighted by Crippen LogP contribution is 2.30. The van der Waals surface area contributed by atoms with E-state index in [2.05, 4.69) is 16.5 Å². The number of rotatable bonds is 7. The first-order chi connectivity index (χ1) is 15.8. The smallest absolute Gasteiger partial charge is 0.410 e. The van der Waals surface area contributed by atoms with E-state index in [4.69, 9.17) is 15.2 Å². The van der Waals surface area contributed by atoms with Crippen LogP contribution in [0.4, 0.5) is 20.7 Å². The molecule has 2 aromatic rings. The molecule has 1 aromatic carbocycles. The second-order valence-electron chi connectivity index (χ2n) is 7.26. The van der Waals surface area contributed by atoms with E-state index in [0.717, 1.165) is 0 Å². The lowest BCUT2D eigenvalue weighted by atomic mass is 9.93. The molecule has 0 spiro atoms. The van der Waals surface area contributed by atoms with E-state index in [9.17, 15) is 24.0 Å². The molecule has 1 aliphatic rings. The van der Waals surface area contributed by atoms with Crippen molar-refractivity contribution in [2.24, 2.45) is 11.7 Å². The molecule has 0 saturated carbocycles. The van der Waals surface area contributed by atoms with Crippen molar-refractivity contribution in [2.45, 2.75) is 19.4 Å². The van der Waals surface area contributed by atoms with E-state index < -0.39 is 42.4 Å². The van der Waals surface area contributed by atoms with Gasteiger partial charge in [-0.1, -0.05) is 0 Å². The summed E-state index contributed by atoms with van der Waals surface area (Å²) in [6, 6.07) is 7.04. The summed E-state index contributed by atoms with van der Waals surface area (Å²) in [5, 5.41) is 16.9. The van der Waals surface area contributed by atoms with E-state index in [-0.39, 0.29) is 31.1 Å². The quantitative estimate of drug-likeness (QED) is 0.597. The van der Waals surface area contributed by atoms with Crippen LogP contribution >= 0.6 is 0 Å². The number of halogens is 1. The lowest BCUT2D eigenvalue weighted by Crippen LogP contribution is -2.45. The SMILES string of the molecule is CCOC(=O)COC(=O)N1CC[C@@H](C#N)C(n2cc(C(N)=O)c(Nc3ccc(F)cc3)n2)C1. The number of likely N-dealkylation sites (tertiary alicyclic amines) is 1. The third-order valence-corrected chi connectivity index (χ3v) is 5.07. The minimum absolute atomic E-state index is 0.0652. The Morgan fingerprint density at radius 1 is 1.30 bits per heavy atom. The highest BCUT2D eigenvalue weighted by atomic mass is 19.1. The number of nitriles is 1. The van der Waals surface area contributed by atoms with Gasteiger partial charge in [0.05, 0.1) is 24.6 Å².